The predicted molar refractivity (Wildman–Crippen MR) is 71.0 cm³/mol. The van der Waals surface area contributed by atoms with E-state index in [4.69, 9.17) is 11.6 Å². The van der Waals surface area contributed by atoms with Gasteiger partial charge in [0.2, 0.25) is 5.69 Å². The van der Waals surface area contributed by atoms with E-state index in [2.05, 4.69) is 0 Å². The van der Waals surface area contributed by atoms with Crippen LogP contribution in [0.1, 0.15) is 11.1 Å². The molecule has 0 unspecified atom stereocenters. The number of hydrogen-bond donors (Lipinski definition) is 0. The Morgan fingerprint density at radius 3 is 2.50 bits per heavy atom. The Bertz CT molecular complexity index is 593. The average molecular weight is 264 g/mol. The number of halogens is 2. The van der Waals surface area contributed by atoms with Crippen molar-refractivity contribution >= 4 is 23.5 Å². The first-order valence-corrected chi connectivity index (χ1v) is 5.77. The highest BCUT2D eigenvalue weighted by Gasteiger charge is 2.05. The summed E-state index contributed by atoms with van der Waals surface area (Å²) < 4.78 is 13.4. The van der Waals surface area contributed by atoms with Crippen LogP contribution in [-0.4, -0.2) is 11.0 Å². The molecule has 0 atom stereocenters. The first-order chi connectivity index (χ1) is 8.58. The number of hydrogen-bond acceptors (Lipinski definition) is 1. The van der Waals surface area contributed by atoms with Gasteiger partial charge in [-0.3, -0.25) is 0 Å². The third kappa shape index (κ3) is 2.68. The Hall–Kier alpha value is -1.87. The topological polar surface area (TPSA) is 26.1 Å². The lowest BCUT2D eigenvalue weighted by molar-refractivity contribution is -0.354. The molecule has 0 heterocycles. The van der Waals surface area contributed by atoms with E-state index in [1.807, 2.05) is 6.92 Å². The Morgan fingerprint density at radius 1 is 1.17 bits per heavy atom. The summed E-state index contributed by atoms with van der Waals surface area (Å²) in [5.41, 5.74) is 1.94. The van der Waals surface area contributed by atoms with Gasteiger partial charge in [0.1, 0.15) is 5.82 Å². The average Bonchev–Trinajstić information content (AvgIpc) is 2.36. The Morgan fingerprint density at radius 2 is 1.83 bits per heavy atom. The molecule has 0 aliphatic rings. The van der Waals surface area contributed by atoms with Crippen LogP contribution in [0, 0.1) is 17.9 Å². The molecule has 2 nitrogen and oxygen atoms in total. The minimum absolute atomic E-state index is 0.369. The molecule has 0 spiro atoms. The maximum absolute atomic E-state index is 12.7. The molecule has 0 N–H and O–H groups in total. The first-order valence-electron chi connectivity index (χ1n) is 5.40. The van der Waals surface area contributed by atoms with Gasteiger partial charge in [0.25, 0.3) is 0 Å². The van der Waals surface area contributed by atoms with E-state index in [9.17, 15) is 9.60 Å². The zero-order valence-electron chi connectivity index (χ0n) is 9.73. The predicted octanol–water partition coefficient (Wildman–Crippen LogP) is 4.05. The zero-order valence-corrected chi connectivity index (χ0v) is 10.5. The molecule has 0 fully saturated rings. The van der Waals surface area contributed by atoms with Crippen molar-refractivity contribution in [3.05, 3.63) is 69.6 Å². The van der Waals surface area contributed by atoms with Crippen molar-refractivity contribution in [1.29, 1.82) is 0 Å². The minimum atomic E-state index is -0.369. The van der Waals surface area contributed by atoms with Gasteiger partial charge >= 0.3 is 0 Å². The van der Waals surface area contributed by atoms with Crippen molar-refractivity contribution in [1.82, 2.24) is 0 Å². The van der Waals surface area contributed by atoms with Crippen molar-refractivity contribution < 1.29 is 9.13 Å². The highest BCUT2D eigenvalue weighted by molar-refractivity contribution is 6.31. The summed E-state index contributed by atoms with van der Waals surface area (Å²) in [6.45, 7) is 1.84. The molecule has 92 valence electrons. The van der Waals surface area contributed by atoms with Crippen LogP contribution in [0.5, 0.6) is 0 Å². The molecule has 18 heavy (non-hydrogen) atoms. The Labute approximate surface area is 110 Å². The number of rotatable bonds is 2. The smallest absolute Gasteiger partial charge is 0.216 e. The molecule has 0 aliphatic heterocycles. The van der Waals surface area contributed by atoms with Crippen LogP contribution in [0.4, 0.5) is 10.1 Å². The lowest BCUT2D eigenvalue weighted by Crippen LogP contribution is -2.00. The second-order valence-electron chi connectivity index (χ2n) is 3.89. The largest absolute Gasteiger partial charge is 0.618 e. The van der Waals surface area contributed by atoms with E-state index in [1.165, 1.54) is 30.5 Å². The fourth-order valence-corrected chi connectivity index (χ4v) is 1.73. The Kier molecular flexibility index (Phi) is 3.63. The summed E-state index contributed by atoms with van der Waals surface area (Å²) in [6.07, 6.45) is 1.43. The van der Waals surface area contributed by atoms with Crippen molar-refractivity contribution in [2.24, 2.45) is 0 Å². The third-order valence-corrected chi connectivity index (χ3v) is 3.06. The summed E-state index contributed by atoms with van der Waals surface area (Å²) in [5, 5.41) is 12.5. The van der Waals surface area contributed by atoms with Crippen LogP contribution in [0.25, 0.3) is 0 Å². The van der Waals surface area contributed by atoms with E-state index in [1.54, 1.807) is 18.2 Å². The van der Waals surface area contributed by atoms with Gasteiger partial charge in [0.15, 0.2) is 6.21 Å². The van der Waals surface area contributed by atoms with Gasteiger partial charge < -0.3 is 5.21 Å². The highest BCUT2D eigenvalue weighted by atomic mass is 35.5. The second kappa shape index (κ2) is 5.19. The molecule has 0 saturated carbocycles. The normalized spacial score (nSPS) is 11.6. The van der Waals surface area contributed by atoms with Crippen LogP contribution >= 0.6 is 11.6 Å². The van der Waals surface area contributed by atoms with Crippen LogP contribution in [0.3, 0.4) is 0 Å². The molecular formula is C14H11ClFNO. The summed E-state index contributed by atoms with van der Waals surface area (Å²) in [4.78, 5) is 0. The molecule has 0 saturated heterocycles. The van der Waals surface area contributed by atoms with E-state index in [0.717, 1.165) is 11.1 Å². The van der Waals surface area contributed by atoms with Gasteiger partial charge in [-0.2, -0.15) is 4.74 Å². The second-order valence-corrected chi connectivity index (χ2v) is 4.29. The molecule has 0 amide bonds. The van der Waals surface area contributed by atoms with Crippen LogP contribution in [0.2, 0.25) is 5.02 Å². The molecular weight excluding hydrogens is 253 g/mol. The molecule has 0 radical (unpaired) electrons. The standard InChI is InChI=1S/C14H11ClFNO/c1-10-11(3-2-4-14(10)15)9-17(18)13-7-5-12(16)6-8-13/h2-9H,1H3. The SMILES string of the molecule is Cc1c(Cl)cccc1C=[N+]([O-])c1ccc(F)cc1. The monoisotopic (exact) mass is 263 g/mol. The molecule has 0 aliphatic carbocycles. The van der Waals surface area contributed by atoms with Gasteiger partial charge in [-0.1, -0.05) is 17.7 Å². The fourth-order valence-electron chi connectivity index (χ4n) is 1.55. The summed E-state index contributed by atoms with van der Waals surface area (Å²) in [7, 11) is 0. The van der Waals surface area contributed by atoms with E-state index in [-0.39, 0.29) is 5.82 Å². The molecule has 0 aromatic heterocycles. The lowest BCUT2D eigenvalue weighted by Gasteiger charge is -2.05. The zero-order chi connectivity index (χ0) is 13.1. The molecule has 0 bridgehead atoms. The summed E-state index contributed by atoms with van der Waals surface area (Å²) >= 11 is 5.97. The summed E-state index contributed by atoms with van der Waals surface area (Å²) in [5.74, 6) is -0.369. The van der Waals surface area contributed by atoms with Gasteiger partial charge in [-0.25, -0.2) is 4.39 Å². The van der Waals surface area contributed by atoms with Crippen LogP contribution in [-0.2, 0) is 0 Å². The van der Waals surface area contributed by atoms with Gasteiger partial charge in [0, 0.05) is 22.7 Å². The molecule has 2 rings (SSSR count). The lowest BCUT2D eigenvalue weighted by atomic mass is 10.1. The van der Waals surface area contributed by atoms with E-state index >= 15 is 0 Å². The maximum Gasteiger partial charge on any atom is 0.216 e. The van der Waals surface area contributed by atoms with Crippen molar-refractivity contribution in [2.45, 2.75) is 6.92 Å². The van der Waals surface area contributed by atoms with Gasteiger partial charge in [-0.05, 0) is 36.8 Å². The van der Waals surface area contributed by atoms with Crippen LogP contribution < -0.4 is 0 Å². The molecule has 2 aromatic rings. The third-order valence-electron chi connectivity index (χ3n) is 2.65. The van der Waals surface area contributed by atoms with Gasteiger partial charge in [0.05, 0.1) is 0 Å². The van der Waals surface area contributed by atoms with Gasteiger partial charge in [-0.15, -0.1) is 0 Å². The minimum Gasteiger partial charge on any atom is -0.618 e. The Balaban J connectivity index is 2.38. The van der Waals surface area contributed by atoms with E-state index in [0.29, 0.717) is 15.4 Å². The molecule has 2 aromatic carbocycles. The first kappa shape index (κ1) is 12.6. The maximum atomic E-state index is 12.7. The highest BCUT2D eigenvalue weighted by Crippen LogP contribution is 2.18. The quantitative estimate of drug-likeness (QED) is 0.347. The summed E-state index contributed by atoms with van der Waals surface area (Å²) in [6, 6.07) is 10.7. The van der Waals surface area contributed by atoms with Crippen molar-refractivity contribution in [3.8, 4) is 0 Å². The van der Waals surface area contributed by atoms with Crippen molar-refractivity contribution in [2.75, 3.05) is 0 Å². The molecule has 4 heteroatoms. The fraction of sp³-hybridized carbons (Fsp3) is 0.0714. The van der Waals surface area contributed by atoms with Crippen LogP contribution in [0.15, 0.2) is 42.5 Å². The number of nitrogens with zero attached hydrogens (tertiary/aromatic N) is 1. The van der Waals surface area contributed by atoms with Crippen molar-refractivity contribution in [3.63, 3.8) is 0 Å². The number of benzene rings is 2. The van der Waals surface area contributed by atoms with E-state index < -0.39 is 0 Å².